The molecule has 2 amide bonds. The predicted octanol–water partition coefficient (Wildman–Crippen LogP) is 4.83. The number of nitrogens with one attached hydrogen (secondary N) is 1. The van der Waals surface area contributed by atoms with Crippen molar-refractivity contribution in [2.45, 2.75) is 44.6 Å². The van der Waals surface area contributed by atoms with Crippen LogP contribution in [0, 0.1) is 6.92 Å². The first-order chi connectivity index (χ1) is 18.2. The maximum atomic E-state index is 13.9. The maximum Gasteiger partial charge on any atom is 0.264 e. The molecule has 38 heavy (non-hydrogen) atoms. The number of anilines is 1. The molecule has 3 aromatic carbocycles. The number of carbonyl (C=O) groups excluding carboxylic acids is 2. The third-order valence-electron chi connectivity index (χ3n) is 6.27. The number of hydrogen-bond donors (Lipinski definition) is 1. The molecule has 0 aliphatic rings. The molecule has 0 aliphatic heterocycles. The fraction of sp³-hybridized carbons (Fsp3) is 0.310. The van der Waals surface area contributed by atoms with Crippen molar-refractivity contribution < 1.29 is 18.0 Å². The van der Waals surface area contributed by atoms with E-state index in [4.69, 9.17) is 11.6 Å². The van der Waals surface area contributed by atoms with Crippen LogP contribution < -0.4 is 9.62 Å². The predicted molar refractivity (Wildman–Crippen MR) is 152 cm³/mol. The summed E-state index contributed by atoms with van der Waals surface area (Å²) in [6.45, 7) is 5.61. The van der Waals surface area contributed by atoms with Crippen molar-refractivity contribution in [2.24, 2.45) is 0 Å². The van der Waals surface area contributed by atoms with Crippen molar-refractivity contribution in [1.82, 2.24) is 10.2 Å². The minimum atomic E-state index is -4.13. The Morgan fingerprint density at radius 1 is 0.947 bits per heavy atom. The standard InChI is InChI=1S/C29H34ClN3O4S/c1-4-26(29(35)31-5-2)32(19-18-23-12-8-6-9-13-23)28(34)21-33(27-20-24(30)17-16-22(27)3)38(36,37)25-14-10-7-11-15-25/h6-17,20,26H,4-5,18-19,21H2,1-3H3,(H,31,35)/t26-/m0/s1. The molecule has 1 N–H and O–H groups in total. The highest BCUT2D eigenvalue weighted by molar-refractivity contribution is 7.92. The summed E-state index contributed by atoms with van der Waals surface area (Å²) in [5.41, 5.74) is 1.97. The average molecular weight is 556 g/mol. The number of halogens is 1. The van der Waals surface area contributed by atoms with Gasteiger partial charge in [-0.05, 0) is 62.1 Å². The van der Waals surface area contributed by atoms with Gasteiger partial charge < -0.3 is 10.2 Å². The number of hydrogen-bond acceptors (Lipinski definition) is 4. The molecule has 0 unspecified atom stereocenters. The molecule has 0 spiro atoms. The number of amides is 2. The van der Waals surface area contributed by atoms with E-state index >= 15 is 0 Å². The molecule has 0 bridgehead atoms. The molecular formula is C29H34ClN3O4S. The van der Waals surface area contributed by atoms with E-state index < -0.39 is 28.5 Å². The molecule has 3 aromatic rings. The Morgan fingerprint density at radius 3 is 2.18 bits per heavy atom. The molecule has 202 valence electrons. The Morgan fingerprint density at radius 2 is 1.58 bits per heavy atom. The molecule has 3 rings (SSSR count). The molecule has 9 heteroatoms. The van der Waals surface area contributed by atoms with Gasteiger partial charge in [-0.3, -0.25) is 13.9 Å². The zero-order valence-electron chi connectivity index (χ0n) is 21.9. The lowest BCUT2D eigenvalue weighted by Crippen LogP contribution is -2.53. The van der Waals surface area contributed by atoms with E-state index in [1.54, 1.807) is 43.3 Å². The normalized spacial score (nSPS) is 12.0. The Balaban J connectivity index is 2.03. The first kappa shape index (κ1) is 29.2. The van der Waals surface area contributed by atoms with E-state index in [-0.39, 0.29) is 17.3 Å². The van der Waals surface area contributed by atoms with Gasteiger partial charge in [0.2, 0.25) is 11.8 Å². The smallest absolute Gasteiger partial charge is 0.264 e. The van der Waals surface area contributed by atoms with Crippen LogP contribution in [0.4, 0.5) is 5.69 Å². The summed E-state index contributed by atoms with van der Waals surface area (Å²) in [7, 11) is -4.13. The van der Waals surface area contributed by atoms with Crippen molar-refractivity contribution in [3.05, 3.63) is 95.0 Å². The van der Waals surface area contributed by atoms with Gasteiger partial charge in [-0.2, -0.15) is 0 Å². The lowest BCUT2D eigenvalue weighted by atomic mass is 10.1. The van der Waals surface area contributed by atoms with E-state index in [0.717, 1.165) is 9.87 Å². The Bertz CT molecular complexity index is 1330. The first-order valence-electron chi connectivity index (χ1n) is 12.6. The van der Waals surface area contributed by atoms with Crippen LogP contribution in [-0.2, 0) is 26.0 Å². The van der Waals surface area contributed by atoms with Gasteiger partial charge in [-0.15, -0.1) is 0 Å². The van der Waals surface area contributed by atoms with Gasteiger partial charge in [0.1, 0.15) is 12.6 Å². The zero-order chi connectivity index (χ0) is 27.7. The number of benzene rings is 3. The van der Waals surface area contributed by atoms with E-state index in [9.17, 15) is 18.0 Å². The number of aryl methyl sites for hydroxylation is 1. The molecular weight excluding hydrogens is 522 g/mol. The monoisotopic (exact) mass is 555 g/mol. The summed E-state index contributed by atoms with van der Waals surface area (Å²) in [6.07, 6.45) is 0.901. The van der Waals surface area contributed by atoms with Crippen molar-refractivity contribution in [2.75, 3.05) is 23.9 Å². The van der Waals surface area contributed by atoms with Gasteiger partial charge in [0.05, 0.1) is 10.6 Å². The molecule has 0 aromatic heterocycles. The minimum absolute atomic E-state index is 0.0544. The summed E-state index contributed by atoms with van der Waals surface area (Å²) in [4.78, 5) is 28.4. The van der Waals surface area contributed by atoms with Crippen LogP contribution >= 0.6 is 11.6 Å². The highest BCUT2D eigenvalue weighted by Crippen LogP contribution is 2.30. The zero-order valence-corrected chi connectivity index (χ0v) is 23.5. The number of sulfonamides is 1. The third-order valence-corrected chi connectivity index (χ3v) is 8.28. The van der Waals surface area contributed by atoms with Crippen LogP contribution in [-0.4, -0.2) is 50.8 Å². The highest BCUT2D eigenvalue weighted by atomic mass is 35.5. The number of nitrogens with zero attached hydrogens (tertiary/aromatic N) is 2. The van der Waals surface area contributed by atoms with Gasteiger partial charge in [-0.1, -0.05) is 73.1 Å². The molecule has 7 nitrogen and oxygen atoms in total. The van der Waals surface area contributed by atoms with Gasteiger partial charge in [0, 0.05) is 18.1 Å². The third kappa shape index (κ3) is 7.14. The van der Waals surface area contributed by atoms with Crippen LogP contribution in [0.1, 0.15) is 31.4 Å². The maximum absolute atomic E-state index is 13.9. The Hall–Kier alpha value is -3.36. The van der Waals surface area contributed by atoms with Crippen molar-refractivity contribution in [1.29, 1.82) is 0 Å². The molecule has 1 atom stereocenters. The molecule has 0 fully saturated rings. The average Bonchev–Trinajstić information content (AvgIpc) is 2.92. The minimum Gasteiger partial charge on any atom is -0.355 e. The summed E-state index contributed by atoms with van der Waals surface area (Å²) in [5, 5.41) is 3.15. The van der Waals surface area contributed by atoms with Crippen molar-refractivity contribution >= 4 is 39.1 Å². The fourth-order valence-electron chi connectivity index (χ4n) is 4.27. The second-order valence-corrected chi connectivity index (χ2v) is 11.2. The van der Waals surface area contributed by atoms with Crippen LogP contribution in [0.15, 0.2) is 83.8 Å². The number of carbonyl (C=O) groups is 2. The lowest BCUT2D eigenvalue weighted by molar-refractivity contribution is -0.139. The molecule has 0 saturated carbocycles. The summed E-state index contributed by atoms with van der Waals surface area (Å²) < 4.78 is 28.8. The van der Waals surface area contributed by atoms with Crippen LogP contribution in [0.25, 0.3) is 0 Å². The topological polar surface area (TPSA) is 86.8 Å². The van der Waals surface area contributed by atoms with Gasteiger partial charge in [0.25, 0.3) is 10.0 Å². The lowest BCUT2D eigenvalue weighted by Gasteiger charge is -2.33. The Labute approximate surface area is 230 Å². The SMILES string of the molecule is CCNC(=O)[C@H](CC)N(CCc1ccccc1)C(=O)CN(c1cc(Cl)ccc1C)S(=O)(=O)c1ccccc1. The van der Waals surface area contributed by atoms with E-state index in [1.165, 1.54) is 17.0 Å². The van der Waals surface area contributed by atoms with Crippen molar-refractivity contribution in [3.63, 3.8) is 0 Å². The molecule has 0 radical (unpaired) electrons. The number of rotatable bonds is 12. The van der Waals surface area contributed by atoms with E-state index in [0.29, 0.717) is 35.7 Å². The van der Waals surface area contributed by atoms with E-state index in [2.05, 4.69) is 5.32 Å². The largest absolute Gasteiger partial charge is 0.355 e. The van der Waals surface area contributed by atoms with Crippen LogP contribution in [0.2, 0.25) is 5.02 Å². The quantitative estimate of drug-likeness (QED) is 0.347. The Kier molecular flexibility index (Phi) is 10.3. The summed E-state index contributed by atoms with van der Waals surface area (Å²) >= 11 is 6.25. The second kappa shape index (κ2) is 13.4. The van der Waals surface area contributed by atoms with Gasteiger partial charge in [0.15, 0.2) is 0 Å². The molecule has 0 saturated heterocycles. The molecule has 0 heterocycles. The summed E-state index contributed by atoms with van der Waals surface area (Å²) in [6, 6.07) is 21.8. The highest BCUT2D eigenvalue weighted by Gasteiger charge is 2.33. The first-order valence-corrected chi connectivity index (χ1v) is 14.5. The van der Waals surface area contributed by atoms with Crippen molar-refractivity contribution in [3.8, 4) is 0 Å². The van der Waals surface area contributed by atoms with Crippen LogP contribution in [0.5, 0.6) is 0 Å². The number of likely N-dealkylation sites (N-methyl/N-ethyl adjacent to an activating group) is 1. The van der Waals surface area contributed by atoms with Gasteiger partial charge in [-0.25, -0.2) is 8.42 Å². The molecule has 0 aliphatic carbocycles. The van der Waals surface area contributed by atoms with Crippen LogP contribution in [0.3, 0.4) is 0 Å². The van der Waals surface area contributed by atoms with Gasteiger partial charge >= 0.3 is 0 Å². The van der Waals surface area contributed by atoms with E-state index in [1.807, 2.05) is 44.2 Å². The fourth-order valence-corrected chi connectivity index (χ4v) is 5.93. The summed E-state index contributed by atoms with van der Waals surface area (Å²) in [5.74, 6) is -0.745. The second-order valence-electron chi connectivity index (χ2n) is 8.90.